The fraction of sp³-hybridized carbons (Fsp3) is 0.240. The van der Waals surface area contributed by atoms with Crippen molar-refractivity contribution < 1.29 is 31.1 Å². The van der Waals surface area contributed by atoms with Crippen molar-refractivity contribution in [2.45, 2.75) is 17.7 Å². The molecule has 0 aliphatic heterocycles. The number of ether oxygens (including phenoxy) is 2. The minimum atomic E-state index is -3.94. The van der Waals surface area contributed by atoms with E-state index in [1.54, 1.807) is 42.5 Å². The summed E-state index contributed by atoms with van der Waals surface area (Å²) < 4.78 is 64.1. The number of rotatable bonds is 12. The van der Waals surface area contributed by atoms with Crippen LogP contribution in [0.15, 0.2) is 77.7 Å². The summed E-state index contributed by atoms with van der Waals surface area (Å²) in [6, 6.07) is 19.1. The Bertz CT molecular complexity index is 1430. The third kappa shape index (κ3) is 7.61. The number of carbonyl (C=O) groups is 1. The van der Waals surface area contributed by atoms with Gasteiger partial charge >= 0.3 is 0 Å². The van der Waals surface area contributed by atoms with Crippen molar-refractivity contribution in [2.75, 3.05) is 41.4 Å². The Morgan fingerprint density at radius 3 is 2.16 bits per heavy atom. The van der Waals surface area contributed by atoms with E-state index in [1.807, 2.05) is 0 Å². The van der Waals surface area contributed by atoms with E-state index >= 15 is 0 Å². The molecule has 3 rings (SSSR count). The highest BCUT2D eigenvalue weighted by molar-refractivity contribution is 7.92. The predicted molar refractivity (Wildman–Crippen MR) is 143 cm³/mol. The normalized spacial score (nSPS) is 11.4. The number of carbonyl (C=O) groups excluding carboxylic acids is 1. The van der Waals surface area contributed by atoms with E-state index in [1.165, 1.54) is 48.9 Å². The first-order chi connectivity index (χ1) is 17.5. The summed E-state index contributed by atoms with van der Waals surface area (Å²) in [5, 5.41) is 2.70. The second kappa shape index (κ2) is 12.0. The number of hydrogen-bond donors (Lipinski definition) is 2. The molecule has 3 aromatic rings. The van der Waals surface area contributed by atoms with E-state index in [4.69, 9.17) is 9.47 Å². The van der Waals surface area contributed by atoms with Gasteiger partial charge in [-0.2, -0.15) is 0 Å². The molecule has 0 aliphatic carbocycles. The van der Waals surface area contributed by atoms with Gasteiger partial charge < -0.3 is 14.8 Å². The van der Waals surface area contributed by atoms with E-state index in [2.05, 4.69) is 10.0 Å². The second-order valence-electron chi connectivity index (χ2n) is 8.02. The lowest BCUT2D eigenvalue weighted by Gasteiger charge is -2.22. The van der Waals surface area contributed by atoms with Gasteiger partial charge in [0.25, 0.3) is 10.0 Å². The highest BCUT2D eigenvalue weighted by Gasteiger charge is 2.19. The molecule has 1 amide bonds. The minimum absolute atomic E-state index is 0.0120. The second-order valence-corrected chi connectivity index (χ2v) is 11.6. The molecule has 12 heteroatoms. The standard InChI is InChI=1S/C25H29N3O7S2/c1-34-21-13-16-24(35-2)23(18-21)27-37(32,33)22-14-11-19(12-15-22)26-25(29)10-7-17-28(36(3,30)31)20-8-5-4-6-9-20/h4-6,8-9,11-16,18,27H,7,10,17H2,1-3H3,(H,26,29). The van der Waals surface area contributed by atoms with Gasteiger partial charge in [-0.1, -0.05) is 18.2 Å². The highest BCUT2D eigenvalue weighted by Crippen LogP contribution is 2.31. The van der Waals surface area contributed by atoms with Crippen LogP contribution in [0.4, 0.5) is 17.1 Å². The largest absolute Gasteiger partial charge is 0.497 e. The number of methoxy groups -OCH3 is 2. The average Bonchev–Trinajstić information content (AvgIpc) is 2.86. The van der Waals surface area contributed by atoms with Crippen molar-refractivity contribution in [1.82, 2.24) is 0 Å². The maximum atomic E-state index is 12.9. The van der Waals surface area contributed by atoms with Crippen molar-refractivity contribution in [1.29, 1.82) is 0 Å². The Kier molecular flexibility index (Phi) is 9.00. The fourth-order valence-electron chi connectivity index (χ4n) is 3.50. The molecule has 198 valence electrons. The average molecular weight is 548 g/mol. The number of nitrogens with one attached hydrogen (secondary N) is 2. The monoisotopic (exact) mass is 547 g/mol. The van der Waals surface area contributed by atoms with Gasteiger partial charge in [0.05, 0.1) is 36.7 Å². The van der Waals surface area contributed by atoms with Crippen LogP contribution in [0.3, 0.4) is 0 Å². The molecule has 0 heterocycles. The predicted octanol–water partition coefficient (Wildman–Crippen LogP) is 3.69. The lowest BCUT2D eigenvalue weighted by molar-refractivity contribution is -0.116. The molecular formula is C25H29N3O7S2. The summed E-state index contributed by atoms with van der Waals surface area (Å²) >= 11 is 0. The zero-order valence-corrected chi connectivity index (χ0v) is 22.3. The molecule has 2 N–H and O–H groups in total. The van der Waals surface area contributed by atoms with Crippen LogP contribution in [-0.2, 0) is 24.8 Å². The number of nitrogens with zero attached hydrogens (tertiary/aromatic N) is 1. The molecule has 0 fully saturated rings. The number of para-hydroxylation sites is 1. The van der Waals surface area contributed by atoms with Crippen LogP contribution < -0.4 is 23.8 Å². The van der Waals surface area contributed by atoms with Crippen molar-refractivity contribution in [2.24, 2.45) is 0 Å². The van der Waals surface area contributed by atoms with Crippen LogP contribution in [0.25, 0.3) is 0 Å². The highest BCUT2D eigenvalue weighted by atomic mass is 32.2. The van der Waals surface area contributed by atoms with Crippen molar-refractivity contribution in [3.63, 3.8) is 0 Å². The molecule has 37 heavy (non-hydrogen) atoms. The molecule has 0 atom stereocenters. The summed E-state index contributed by atoms with van der Waals surface area (Å²) in [7, 11) is -4.54. The lowest BCUT2D eigenvalue weighted by Crippen LogP contribution is -2.31. The van der Waals surface area contributed by atoms with Gasteiger partial charge in [0.2, 0.25) is 15.9 Å². The summed E-state index contributed by atoms with van der Waals surface area (Å²) in [5.74, 6) is 0.464. The van der Waals surface area contributed by atoms with Crippen molar-refractivity contribution >= 4 is 43.0 Å². The molecule has 0 bridgehead atoms. The van der Waals surface area contributed by atoms with Gasteiger partial charge in [-0.25, -0.2) is 16.8 Å². The van der Waals surface area contributed by atoms with Crippen molar-refractivity contribution in [3.05, 3.63) is 72.8 Å². The minimum Gasteiger partial charge on any atom is -0.497 e. The van der Waals surface area contributed by atoms with Crippen LogP contribution in [0.1, 0.15) is 12.8 Å². The van der Waals surface area contributed by atoms with Gasteiger partial charge in [0.1, 0.15) is 11.5 Å². The van der Waals surface area contributed by atoms with Crippen LogP contribution in [0.2, 0.25) is 0 Å². The van der Waals surface area contributed by atoms with Gasteiger partial charge in [0.15, 0.2) is 0 Å². The van der Waals surface area contributed by atoms with E-state index in [0.717, 1.165) is 6.26 Å². The summed E-state index contributed by atoms with van der Waals surface area (Å²) in [4.78, 5) is 12.4. The molecule has 0 spiro atoms. The fourth-order valence-corrected chi connectivity index (χ4v) is 5.53. The number of amides is 1. The Balaban J connectivity index is 1.60. The zero-order chi connectivity index (χ0) is 27.1. The van der Waals surface area contributed by atoms with E-state index in [-0.39, 0.29) is 29.5 Å². The smallest absolute Gasteiger partial charge is 0.262 e. The molecule has 10 nitrogen and oxygen atoms in total. The van der Waals surface area contributed by atoms with Crippen molar-refractivity contribution in [3.8, 4) is 11.5 Å². The first kappa shape index (κ1) is 27.8. The molecule has 0 aromatic heterocycles. The Labute approximate surface area is 217 Å². The molecular weight excluding hydrogens is 518 g/mol. The molecule has 0 unspecified atom stereocenters. The Hall–Kier alpha value is -3.77. The number of hydrogen-bond acceptors (Lipinski definition) is 7. The SMILES string of the molecule is COc1ccc(OC)c(NS(=O)(=O)c2ccc(NC(=O)CCCN(c3ccccc3)S(C)(=O)=O)cc2)c1. The van der Waals surface area contributed by atoms with Gasteiger partial charge in [-0.05, 0) is 55.0 Å². The lowest BCUT2D eigenvalue weighted by atomic mass is 10.2. The third-order valence-electron chi connectivity index (χ3n) is 5.31. The van der Waals surface area contributed by atoms with E-state index < -0.39 is 20.0 Å². The Morgan fingerprint density at radius 2 is 1.57 bits per heavy atom. The summed E-state index contributed by atoms with van der Waals surface area (Å²) in [5.41, 5.74) is 1.16. The molecule has 0 aliphatic rings. The van der Waals surface area contributed by atoms with Gasteiger partial charge in [0, 0.05) is 24.7 Å². The maximum Gasteiger partial charge on any atom is 0.262 e. The van der Waals surface area contributed by atoms with Crippen LogP contribution >= 0.6 is 0 Å². The maximum absolute atomic E-state index is 12.9. The van der Waals surface area contributed by atoms with Crippen LogP contribution in [-0.4, -0.2) is 49.8 Å². The van der Waals surface area contributed by atoms with Crippen LogP contribution in [0, 0.1) is 0 Å². The number of sulfonamides is 2. The Morgan fingerprint density at radius 1 is 0.892 bits per heavy atom. The summed E-state index contributed by atoms with van der Waals surface area (Å²) in [6.45, 7) is 0.146. The first-order valence-corrected chi connectivity index (χ1v) is 14.5. The summed E-state index contributed by atoms with van der Waals surface area (Å²) in [6.07, 6.45) is 1.50. The van der Waals surface area contributed by atoms with Gasteiger partial charge in [-0.15, -0.1) is 0 Å². The number of benzene rings is 3. The topological polar surface area (TPSA) is 131 Å². The number of anilines is 3. The first-order valence-electron chi connectivity index (χ1n) is 11.2. The van der Waals surface area contributed by atoms with Gasteiger partial charge in [-0.3, -0.25) is 13.8 Å². The molecule has 0 saturated carbocycles. The van der Waals surface area contributed by atoms with Crippen LogP contribution in [0.5, 0.6) is 11.5 Å². The third-order valence-corrected chi connectivity index (χ3v) is 7.88. The van der Waals surface area contributed by atoms with E-state index in [9.17, 15) is 21.6 Å². The quantitative estimate of drug-likeness (QED) is 0.354. The zero-order valence-electron chi connectivity index (χ0n) is 20.7. The molecule has 0 saturated heterocycles. The molecule has 0 radical (unpaired) electrons. The molecule has 3 aromatic carbocycles. The van der Waals surface area contributed by atoms with E-state index in [0.29, 0.717) is 29.3 Å².